The van der Waals surface area contributed by atoms with Gasteiger partial charge in [0.2, 0.25) is 8.41 Å². The second-order valence-corrected chi connectivity index (χ2v) is 15.3. The van der Waals surface area contributed by atoms with Crippen molar-refractivity contribution in [3.8, 4) is 0 Å². The van der Waals surface area contributed by atoms with Gasteiger partial charge in [0.15, 0.2) is 5.60 Å². The van der Waals surface area contributed by atoms with E-state index in [0.717, 1.165) is 27.7 Å². The number of allylic oxidation sites excluding steroid dienone is 3. The van der Waals surface area contributed by atoms with Gasteiger partial charge in [-0.1, -0.05) is 30.2 Å². The Morgan fingerprint density at radius 2 is 2.00 bits per heavy atom. The lowest BCUT2D eigenvalue weighted by Crippen LogP contribution is -2.45. The zero-order valence-corrected chi connectivity index (χ0v) is 23.8. The van der Waals surface area contributed by atoms with Crippen LogP contribution in [-0.4, -0.2) is 38.7 Å². The molecule has 0 radical (unpaired) electrons. The van der Waals surface area contributed by atoms with Crippen LogP contribution in [0, 0.1) is 9.49 Å². The van der Waals surface area contributed by atoms with Gasteiger partial charge in [-0.2, -0.15) is 0 Å². The number of rotatable bonds is 8. The van der Waals surface area contributed by atoms with Gasteiger partial charge in [0, 0.05) is 33.7 Å². The zero-order chi connectivity index (χ0) is 24.6. The number of anilines is 1. The molecule has 0 unspecified atom stereocenters. The number of nitrogens with zero attached hydrogens (tertiary/aromatic N) is 1. The molecule has 1 saturated heterocycles. The van der Waals surface area contributed by atoms with E-state index in [1.165, 1.54) is 11.1 Å². The summed E-state index contributed by atoms with van der Waals surface area (Å²) in [4.78, 5) is 15.8. The van der Waals surface area contributed by atoms with E-state index in [9.17, 15) is 9.90 Å². The van der Waals surface area contributed by atoms with Crippen molar-refractivity contribution in [3.05, 3.63) is 50.6 Å². The molecule has 2 aliphatic rings. The summed E-state index contributed by atoms with van der Waals surface area (Å²) in [6, 6.07) is 6.00. The maximum Gasteiger partial charge on any atom is 0.264 e. The molecule has 33 heavy (non-hydrogen) atoms. The second kappa shape index (κ2) is 10.3. The first-order valence-corrected chi connectivity index (χ1v) is 15.9. The summed E-state index contributed by atoms with van der Waals surface area (Å²) in [6.07, 6.45) is 6.15. The molecule has 1 amide bonds. The van der Waals surface area contributed by atoms with Gasteiger partial charge in [0.1, 0.15) is 0 Å². The first-order valence-electron chi connectivity index (χ1n) is 11.8. The maximum atomic E-state index is 15.5. The molecule has 2 aliphatic heterocycles. The van der Waals surface area contributed by atoms with Crippen molar-refractivity contribution in [2.45, 2.75) is 77.3 Å². The van der Waals surface area contributed by atoms with Crippen LogP contribution in [0.1, 0.15) is 52.5 Å². The summed E-state index contributed by atoms with van der Waals surface area (Å²) in [7, 11) is -3.15. The molecule has 4 atom stereocenters. The Bertz CT molecular complexity index is 953. The minimum Gasteiger partial charge on any atom is -0.396 e. The van der Waals surface area contributed by atoms with Gasteiger partial charge in [-0.25, -0.2) is 0 Å². The number of hydrogen-bond acceptors (Lipinski definition) is 3. The van der Waals surface area contributed by atoms with E-state index in [0.29, 0.717) is 13.0 Å². The van der Waals surface area contributed by atoms with Gasteiger partial charge < -0.3 is 18.9 Å². The molecular weight excluding hydrogens is 548 g/mol. The van der Waals surface area contributed by atoms with Gasteiger partial charge in [0.05, 0.1) is 11.8 Å². The van der Waals surface area contributed by atoms with Crippen LogP contribution in [0.5, 0.6) is 0 Å². The molecule has 1 aromatic carbocycles. The van der Waals surface area contributed by atoms with E-state index in [4.69, 9.17) is 4.74 Å². The highest BCUT2D eigenvalue weighted by Gasteiger charge is 2.66. The first kappa shape index (κ1) is 26.6. The molecule has 0 saturated carbocycles. The minimum atomic E-state index is -3.15. The molecule has 7 heteroatoms. The van der Waals surface area contributed by atoms with Crippen molar-refractivity contribution < 1.29 is 18.7 Å². The van der Waals surface area contributed by atoms with Crippen LogP contribution in [0.2, 0.25) is 18.6 Å². The molecule has 4 nitrogen and oxygen atoms in total. The van der Waals surface area contributed by atoms with Crippen molar-refractivity contribution >= 4 is 42.6 Å². The van der Waals surface area contributed by atoms with Crippen molar-refractivity contribution in [3.63, 3.8) is 0 Å². The number of amides is 1. The summed E-state index contributed by atoms with van der Waals surface area (Å²) in [6.45, 7) is 12.0. The Hall–Kier alpha value is -1.03. The smallest absolute Gasteiger partial charge is 0.264 e. The number of carbonyl (C=O) groups excluding carboxylic acids is 1. The fraction of sp³-hybridized carbons (Fsp3) is 0.577. The lowest BCUT2D eigenvalue weighted by Gasteiger charge is -2.31. The third kappa shape index (κ3) is 5.16. The summed E-state index contributed by atoms with van der Waals surface area (Å²) in [5, 5.41) is 9.64. The summed E-state index contributed by atoms with van der Waals surface area (Å²) >= 11 is 2.25. The van der Waals surface area contributed by atoms with E-state index >= 15 is 4.11 Å². The third-order valence-electron chi connectivity index (χ3n) is 7.05. The van der Waals surface area contributed by atoms with Crippen LogP contribution in [0.15, 0.2) is 41.5 Å². The number of aliphatic hydroxyl groups excluding tert-OH is 1. The highest BCUT2D eigenvalue weighted by molar-refractivity contribution is 14.1. The Morgan fingerprint density at radius 1 is 1.30 bits per heavy atom. The van der Waals surface area contributed by atoms with Gasteiger partial charge >= 0.3 is 0 Å². The number of hydrogen-bond donors (Lipinski definition) is 1. The van der Waals surface area contributed by atoms with E-state index in [-0.39, 0.29) is 24.0 Å². The van der Waals surface area contributed by atoms with Gasteiger partial charge in [-0.05, 0) is 93.9 Å². The minimum absolute atomic E-state index is 0.0842. The number of ether oxygens (including phenoxy) is 1. The van der Waals surface area contributed by atoms with Crippen LogP contribution in [0.25, 0.3) is 0 Å². The van der Waals surface area contributed by atoms with E-state index in [2.05, 4.69) is 55.5 Å². The largest absolute Gasteiger partial charge is 0.396 e. The van der Waals surface area contributed by atoms with Crippen LogP contribution < -0.4 is 4.90 Å². The number of aliphatic hydroxyl groups is 1. The molecule has 1 fully saturated rings. The molecule has 2 heterocycles. The quantitative estimate of drug-likeness (QED) is 0.164. The number of halogens is 2. The average Bonchev–Trinajstić information content (AvgIpc) is 3.13. The monoisotopic (exact) mass is 585 g/mol. The van der Waals surface area contributed by atoms with Gasteiger partial charge in [-0.3, -0.25) is 4.79 Å². The fourth-order valence-corrected chi connectivity index (χ4v) is 8.57. The van der Waals surface area contributed by atoms with Crippen molar-refractivity contribution in [1.82, 2.24) is 0 Å². The molecule has 0 aliphatic carbocycles. The summed E-state index contributed by atoms with van der Waals surface area (Å²) < 4.78 is 23.1. The molecule has 0 bridgehead atoms. The molecule has 182 valence electrons. The highest BCUT2D eigenvalue weighted by atomic mass is 127. The zero-order valence-electron chi connectivity index (χ0n) is 20.6. The predicted molar refractivity (Wildman–Crippen MR) is 144 cm³/mol. The lowest BCUT2D eigenvalue weighted by atomic mass is 9.82. The second-order valence-electron chi connectivity index (χ2n) is 10.2. The van der Waals surface area contributed by atoms with Gasteiger partial charge in [-0.15, -0.1) is 0 Å². The Labute approximate surface area is 212 Å². The maximum absolute atomic E-state index is 15.5. The summed E-state index contributed by atoms with van der Waals surface area (Å²) in [5.41, 5.74) is 2.68. The Balaban J connectivity index is 1.99. The SMILES string of the molecule is CC(C)=CCC/C(C)=C/CN1C(=O)[C@@]2(O[C@@H](CCO)[C@H]([Si](C)(C)F)[C@H]2C)c2cc(I)ccc21. The molecule has 1 N–H and O–H groups in total. The average molecular weight is 586 g/mol. The number of benzene rings is 1. The van der Waals surface area contributed by atoms with E-state index < -0.39 is 20.1 Å². The normalized spacial score (nSPS) is 27.4. The molecule has 1 aromatic rings. The van der Waals surface area contributed by atoms with Crippen LogP contribution in [0.4, 0.5) is 9.80 Å². The molecule has 3 rings (SSSR count). The molecule has 1 spiro atoms. The van der Waals surface area contributed by atoms with Crippen LogP contribution in [-0.2, 0) is 15.1 Å². The Morgan fingerprint density at radius 3 is 2.61 bits per heavy atom. The van der Waals surface area contributed by atoms with Crippen molar-refractivity contribution in [2.24, 2.45) is 5.92 Å². The Kier molecular flexibility index (Phi) is 8.29. The van der Waals surface area contributed by atoms with Crippen molar-refractivity contribution in [2.75, 3.05) is 18.1 Å². The van der Waals surface area contributed by atoms with E-state index in [1.807, 2.05) is 25.1 Å². The van der Waals surface area contributed by atoms with E-state index in [1.54, 1.807) is 18.0 Å². The standard InChI is InChI=1S/C26H37FINO3Si/c1-17(2)8-7-9-18(3)12-14-29-22-11-10-20(28)16-21(22)26(25(29)31)19(4)24(33(5,6)27)23(32-26)13-15-30/h8,10-12,16,19,23-24,30H,7,9,13-15H2,1-6H3/b18-12+/t19-,23+,24-,26+/m1/s1. The van der Waals surface area contributed by atoms with Crippen molar-refractivity contribution in [1.29, 1.82) is 0 Å². The predicted octanol–water partition coefficient (Wildman–Crippen LogP) is 6.49. The summed E-state index contributed by atoms with van der Waals surface area (Å²) in [5.74, 6) is -0.415. The number of carbonyl (C=O) groups is 1. The van der Waals surface area contributed by atoms with Crippen LogP contribution >= 0.6 is 22.6 Å². The first-order chi connectivity index (χ1) is 15.4. The number of fused-ring (bicyclic) bond motifs is 2. The van der Waals surface area contributed by atoms with Gasteiger partial charge in [0.25, 0.3) is 5.91 Å². The molecular formula is C26H37FINO3Si. The highest BCUT2D eigenvalue weighted by Crippen LogP contribution is 2.60. The fourth-order valence-electron chi connectivity index (χ4n) is 5.54. The topological polar surface area (TPSA) is 49.8 Å². The lowest BCUT2D eigenvalue weighted by molar-refractivity contribution is -0.146. The van der Waals surface area contributed by atoms with Crippen LogP contribution in [0.3, 0.4) is 0 Å². The third-order valence-corrected chi connectivity index (χ3v) is 10.2. The molecule has 0 aromatic heterocycles.